The molecule has 1 nitrogen and oxygen atoms in total. The summed E-state index contributed by atoms with van der Waals surface area (Å²) in [4.78, 5) is 0. The second-order valence-electron chi connectivity index (χ2n) is 3.46. The summed E-state index contributed by atoms with van der Waals surface area (Å²) in [6.07, 6.45) is 0. The van der Waals surface area contributed by atoms with Crippen LogP contribution >= 0.6 is 27.3 Å². The van der Waals surface area contributed by atoms with Gasteiger partial charge in [-0.15, -0.1) is 0 Å². The van der Waals surface area contributed by atoms with Crippen molar-refractivity contribution in [2.75, 3.05) is 5.32 Å². The monoisotopic (exact) mass is 281 g/mol. The van der Waals surface area contributed by atoms with Gasteiger partial charge in [0.1, 0.15) is 0 Å². The van der Waals surface area contributed by atoms with E-state index in [0.717, 1.165) is 6.54 Å². The summed E-state index contributed by atoms with van der Waals surface area (Å²) in [5.74, 6) is 0. The van der Waals surface area contributed by atoms with Gasteiger partial charge in [-0.3, -0.25) is 0 Å². The van der Waals surface area contributed by atoms with E-state index in [1.54, 1.807) is 11.3 Å². The molecule has 0 saturated heterocycles. The number of hydrogen-bond acceptors (Lipinski definition) is 2. The highest BCUT2D eigenvalue weighted by atomic mass is 79.9. The van der Waals surface area contributed by atoms with Crippen molar-refractivity contribution in [3.8, 4) is 0 Å². The summed E-state index contributed by atoms with van der Waals surface area (Å²) in [5.41, 5.74) is 3.75. The molecular formula is C12H12BrNS. The molecule has 15 heavy (non-hydrogen) atoms. The zero-order valence-corrected chi connectivity index (χ0v) is 10.9. The molecule has 0 unspecified atom stereocenters. The zero-order valence-electron chi connectivity index (χ0n) is 8.46. The molecule has 1 aromatic heterocycles. The van der Waals surface area contributed by atoms with E-state index in [-0.39, 0.29) is 0 Å². The van der Waals surface area contributed by atoms with Crippen LogP contribution in [-0.2, 0) is 6.54 Å². The van der Waals surface area contributed by atoms with Gasteiger partial charge in [-0.1, -0.05) is 28.1 Å². The molecule has 0 spiro atoms. The fourth-order valence-corrected chi connectivity index (χ4v) is 2.60. The van der Waals surface area contributed by atoms with Gasteiger partial charge in [-0.2, -0.15) is 11.3 Å². The molecule has 0 bridgehead atoms. The molecular weight excluding hydrogens is 270 g/mol. The Labute approximate surface area is 102 Å². The molecule has 1 N–H and O–H groups in total. The number of anilines is 1. The van der Waals surface area contributed by atoms with E-state index in [2.05, 4.69) is 63.2 Å². The third-order valence-electron chi connectivity index (χ3n) is 2.21. The second kappa shape index (κ2) is 4.81. The van der Waals surface area contributed by atoms with Gasteiger partial charge in [0.05, 0.1) is 0 Å². The molecule has 1 heterocycles. The molecule has 0 fully saturated rings. The lowest BCUT2D eigenvalue weighted by Gasteiger charge is -2.07. The van der Waals surface area contributed by atoms with Crippen LogP contribution in [0.4, 0.5) is 5.69 Å². The van der Waals surface area contributed by atoms with Crippen molar-refractivity contribution in [1.29, 1.82) is 0 Å². The number of thiophene rings is 1. The number of aryl methyl sites for hydroxylation is 1. The van der Waals surface area contributed by atoms with E-state index in [1.165, 1.54) is 21.3 Å². The Bertz CT molecular complexity index is 437. The number of rotatable bonds is 3. The lowest BCUT2D eigenvalue weighted by Crippen LogP contribution is -1.99. The quantitative estimate of drug-likeness (QED) is 0.878. The Balaban J connectivity index is 2.05. The smallest absolute Gasteiger partial charge is 0.0451 e. The Morgan fingerprint density at radius 1 is 1.33 bits per heavy atom. The van der Waals surface area contributed by atoms with E-state index in [9.17, 15) is 0 Å². The van der Waals surface area contributed by atoms with Crippen LogP contribution < -0.4 is 5.32 Å². The van der Waals surface area contributed by atoms with Crippen molar-refractivity contribution in [2.24, 2.45) is 0 Å². The zero-order chi connectivity index (χ0) is 10.7. The average molecular weight is 282 g/mol. The maximum absolute atomic E-state index is 3.57. The van der Waals surface area contributed by atoms with Crippen LogP contribution in [0, 0.1) is 6.92 Å². The van der Waals surface area contributed by atoms with Gasteiger partial charge in [-0.25, -0.2) is 0 Å². The van der Waals surface area contributed by atoms with Crippen molar-refractivity contribution in [1.82, 2.24) is 0 Å². The minimum atomic E-state index is 0.859. The predicted molar refractivity (Wildman–Crippen MR) is 70.5 cm³/mol. The summed E-state index contributed by atoms with van der Waals surface area (Å²) in [7, 11) is 0. The number of halogens is 1. The highest BCUT2D eigenvalue weighted by Gasteiger charge is 1.99. The number of benzene rings is 1. The molecule has 0 aliphatic heterocycles. The predicted octanol–water partition coefficient (Wildman–Crippen LogP) is 4.43. The van der Waals surface area contributed by atoms with E-state index < -0.39 is 0 Å². The standard InChI is InChI=1S/C12H12BrNS/c1-9-2-3-10(12(13)6-9)7-14-11-4-5-15-8-11/h2-6,8,14H,7H2,1H3. The van der Waals surface area contributed by atoms with Crippen LogP contribution in [0.5, 0.6) is 0 Å². The van der Waals surface area contributed by atoms with Gasteiger partial charge >= 0.3 is 0 Å². The lowest BCUT2D eigenvalue weighted by atomic mass is 10.1. The molecule has 2 aromatic rings. The van der Waals surface area contributed by atoms with Crippen LogP contribution in [0.25, 0.3) is 0 Å². The van der Waals surface area contributed by atoms with Gasteiger partial charge < -0.3 is 5.32 Å². The molecule has 0 atom stereocenters. The maximum atomic E-state index is 3.57. The fourth-order valence-electron chi connectivity index (χ4n) is 1.36. The molecule has 0 aliphatic rings. The fraction of sp³-hybridized carbons (Fsp3) is 0.167. The highest BCUT2D eigenvalue weighted by Crippen LogP contribution is 2.20. The third kappa shape index (κ3) is 2.83. The largest absolute Gasteiger partial charge is 0.380 e. The first kappa shape index (κ1) is 10.7. The van der Waals surface area contributed by atoms with Crippen LogP contribution in [0.2, 0.25) is 0 Å². The number of hydrogen-bond donors (Lipinski definition) is 1. The normalized spacial score (nSPS) is 10.3. The SMILES string of the molecule is Cc1ccc(CNc2ccsc2)c(Br)c1. The molecule has 0 aliphatic carbocycles. The first-order valence-electron chi connectivity index (χ1n) is 4.77. The van der Waals surface area contributed by atoms with Gasteiger partial charge in [0.15, 0.2) is 0 Å². The van der Waals surface area contributed by atoms with Crippen molar-refractivity contribution in [3.05, 3.63) is 50.6 Å². The average Bonchev–Trinajstić information content (AvgIpc) is 2.69. The summed E-state index contributed by atoms with van der Waals surface area (Å²) >= 11 is 5.28. The van der Waals surface area contributed by atoms with Crippen molar-refractivity contribution in [2.45, 2.75) is 13.5 Å². The minimum Gasteiger partial charge on any atom is -0.380 e. The molecule has 1 aromatic carbocycles. The third-order valence-corrected chi connectivity index (χ3v) is 3.63. The van der Waals surface area contributed by atoms with Gasteiger partial charge in [-0.05, 0) is 35.6 Å². The Morgan fingerprint density at radius 2 is 2.20 bits per heavy atom. The van der Waals surface area contributed by atoms with Crippen LogP contribution in [0.3, 0.4) is 0 Å². The van der Waals surface area contributed by atoms with E-state index in [0.29, 0.717) is 0 Å². The van der Waals surface area contributed by atoms with E-state index in [1.807, 2.05) is 0 Å². The maximum Gasteiger partial charge on any atom is 0.0451 e. The molecule has 78 valence electrons. The first-order valence-corrected chi connectivity index (χ1v) is 6.50. The summed E-state index contributed by atoms with van der Waals surface area (Å²) < 4.78 is 1.17. The molecule has 3 heteroatoms. The Hall–Kier alpha value is -0.800. The van der Waals surface area contributed by atoms with Crippen molar-refractivity contribution >= 4 is 33.0 Å². The van der Waals surface area contributed by atoms with Gasteiger partial charge in [0.25, 0.3) is 0 Å². The van der Waals surface area contributed by atoms with Gasteiger partial charge in [0.2, 0.25) is 0 Å². The van der Waals surface area contributed by atoms with E-state index in [4.69, 9.17) is 0 Å². The van der Waals surface area contributed by atoms with Crippen LogP contribution in [-0.4, -0.2) is 0 Å². The molecule has 0 saturated carbocycles. The molecule has 2 rings (SSSR count). The second-order valence-corrected chi connectivity index (χ2v) is 5.09. The lowest BCUT2D eigenvalue weighted by molar-refractivity contribution is 1.13. The van der Waals surface area contributed by atoms with Crippen LogP contribution in [0.1, 0.15) is 11.1 Å². The Morgan fingerprint density at radius 3 is 2.87 bits per heavy atom. The highest BCUT2D eigenvalue weighted by molar-refractivity contribution is 9.10. The van der Waals surface area contributed by atoms with E-state index >= 15 is 0 Å². The van der Waals surface area contributed by atoms with Crippen molar-refractivity contribution in [3.63, 3.8) is 0 Å². The van der Waals surface area contributed by atoms with Crippen LogP contribution in [0.15, 0.2) is 39.5 Å². The summed E-state index contributed by atoms with van der Waals surface area (Å²) in [5, 5.41) is 7.57. The molecule has 0 radical (unpaired) electrons. The minimum absolute atomic E-state index is 0.859. The topological polar surface area (TPSA) is 12.0 Å². The van der Waals surface area contributed by atoms with Crippen molar-refractivity contribution < 1.29 is 0 Å². The summed E-state index contributed by atoms with van der Waals surface area (Å²) in [6, 6.07) is 8.52. The first-order chi connectivity index (χ1) is 7.25. The Kier molecular flexibility index (Phi) is 3.44. The van der Waals surface area contributed by atoms with Gasteiger partial charge in [0, 0.05) is 22.1 Å². The molecule has 0 amide bonds. The summed E-state index contributed by atoms with van der Waals surface area (Å²) in [6.45, 7) is 2.96. The number of nitrogens with one attached hydrogen (secondary N) is 1.